The number of fused-ring (bicyclic) bond motifs is 1. The summed E-state index contributed by atoms with van der Waals surface area (Å²) in [6.07, 6.45) is 2.66. The predicted octanol–water partition coefficient (Wildman–Crippen LogP) is 3.25. The molecule has 1 saturated heterocycles. The molecule has 3 heteroatoms. The van der Waals surface area contributed by atoms with Gasteiger partial charge in [-0.1, -0.05) is 24.3 Å². The van der Waals surface area contributed by atoms with Crippen molar-refractivity contribution in [2.75, 3.05) is 13.2 Å². The van der Waals surface area contributed by atoms with Gasteiger partial charge in [0, 0.05) is 18.6 Å². The lowest BCUT2D eigenvalue weighted by atomic mass is 9.86. The van der Waals surface area contributed by atoms with E-state index in [-0.39, 0.29) is 5.75 Å². The van der Waals surface area contributed by atoms with Crippen LogP contribution in [0.4, 0.5) is 0 Å². The molecule has 1 heterocycles. The minimum Gasteiger partial charge on any atom is -0.507 e. The van der Waals surface area contributed by atoms with E-state index in [4.69, 9.17) is 4.74 Å². The number of ether oxygens (including phenoxy) is 1. The van der Waals surface area contributed by atoms with Crippen LogP contribution in [0, 0.1) is 0 Å². The van der Waals surface area contributed by atoms with Crippen LogP contribution in [0.1, 0.15) is 34.7 Å². The summed E-state index contributed by atoms with van der Waals surface area (Å²) >= 11 is 0. The van der Waals surface area contributed by atoms with Crippen LogP contribution in [0.3, 0.4) is 0 Å². The van der Waals surface area contributed by atoms with Crippen molar-refractivity contribution in [1.29, 1.82) is 0 Å². The third-order valence-corrected chi connectivity index (χ3v) is 3.87. The molecule has 2 aromatic carbocycles. The number of rotatable bonds is 2. The topological polar surface area (TPSA) is 46.5 Å². The van der Waals surface area contributed by atoms with Gasteiger partial charge in [-0.3, -0.25) is 4.79 Å². The minimum absolute atomic E-state index is 0.0846. The van der Waals surface area contributed by atoms with E-state index in [2.05, 4.69) is 0 Å². The molecule has 1 aliphatic heterocycles. The van der Waals surface area contributed by atoms with E-state index in [1.807, 2.05) is 30.3 Å². The molecule has 3 nitrogen and oxygen atoms in total. The van der Waals surface area contributed by atoms with E-state index in [1.165, 1.54) is 0 Å². The van der Waals surface area contributed by atoms with Crippen molar-refractivity contribution in [2.24, 2.45) is 0 Å². The first-order chi connectivity index (χ1) is 9.31. The lowest BCUT2D eigenvalue weighted by Crippen LogP contribution is -2.14. The molecule has 2 aromatic rings. The molecule has 0 unspecified atom stereocenters. The van der Waals surface area contributed by atoms with Crippen LogP contribution in [0.15, 0.2) is 30.3 Å². The number of carbonyl (C=O) groups excluding carboxylic acids is 1. The summed E-state index contributed by atoms with van der Waals surface area (Å²) in [6.45, 7) is 1.52. The lowest BCUT2D eigenvalue weighted by molar-refractivity contribution is 0.0856. The van der Waals surface area contributed by atoms with Gasteiger partial charge < -0.3 is 9.84 Å². The summed E-state index contributed by atoms with van der Waals surface area (Å²) in [5, 5.41) is 11.9. The molecule has 0 bridgehead atoms. The lowest BCUT2D eigenvalue weighted by Gasteiger charge is -2.24. The summed E-state index contributed by atoms with van der Waals surface area (Å²) in [5.41, 5.74) is 1.53. The van der Waals surface area contributed by atoms with Gasteiger partial charge in [-0.25, -0.2) is 0 Å². The molecule has 0 atom stereocenters. The number of hydrogen-bond donors (Lipinski definition) is 1. The van der Waals surface area contributed by atoms with E-state index < -0.39 is 0 Å². The molecule has 19 heavy (non-hydrogen) atoms. The third-order valence-electron chi connectivity index (χ3n) is 3.87. The van der Waals surface area contributed by atoms with Crippen molar-refractivity contribution in [3.63, 3.8) is 0 Å². The molecule has 0 spiro atoms. The van der Waals surface area contributed by atoms with Gasteiger partial charge in [-0.2, -0.15) is 0 Å². The normalized spacial score (nSPS) is 16.6. The van der Waals surface area contributed by atoms with E-state index in [0.29, 0.717) is 11.5 Å². The fraction of sp³-hybridized carbons (Fsp3) is 0.312. The van der Waals surface area contributed by atoms with Gasteiger partial charge in [0.2, 0.25) is 0 Å². The van der Waals surface area contributed by atoms with E-state index >= 15 is 0 Å². The highest BCUT2D eigenvalue weighted by molar-refractivity contribution is 5.98. The molecule has 0 saturated carbocycles. The van der Waals surface area contributed by atoms with Crippen molar-refractivity contribution >= 4 is 17.1 Å². The number of aromatic hydroxyl groups is 1. The van der Waals surface area contributed by atoms with Gasteiger partial charge in [-0.15, -0.1) is 0 Å². The van der Waals surface area contributed by atoms with Crippen molar-refractivity contribution < 1.29 is 14.6 Å². The van der Waals surface area contributed by atoms with Crippen LogP contribution in [0.5, 0.6) is 5.75 Å². The number of phenols is 1. The maximum atomic E-state index is 11.1. The summed E-state index contributed by atoms with van der Waals surface area (Å²) < 4.78 is 5.39. The average molecular weight is 256 g/mol. The summed E-state index contributed by atoms with van der Waals surface area (Å²) in [4.78, 5) is 11.1. The third kappa shape index (κ3) is 2.10. The van der Waals surface area contributed by atoms with E-state index in [0.717, 1.165) is 48.7 Å². The molecule has 0 aliphatic carbocycles. The molecule has 3 rings (SSSR count). The van der Waals surface area contributed by atoms with Crippen LogP contribution in [0.2, 0.25) is 0 Å². The highest BCUT2D eigenvalue weighted by Gasteiger charge is 2.20. The molecule has 0 aromatic heterocycles. The Morgan fingerprint density at radius 2 is 1.84 bits per heavy atom. The fourth-order valence-electron chi connectivity index (χ4n) is 2.85. The summed E-state index contributed by atoms with van der Waals surface area (Å²) in [5.74, 6) is 0.486. The number of aldehydes is 1. The Kier molecular flexibility index (Phi) is 3.22. The van der Waals surface area contributed by atoms with Crippen LogP contribution in [0.25, 0.3) is 10.8 Å². The largest absolute Gasteiger partial charge is 0.507 e. The van der Waals surface area contributed by atoms with Gasteiger partial charge in [-0.05, 0) is 35.8 Å². The summed E-state index contributed by atoms with van der Waals surface area (Å²) in [7, 11) is 0. The molecule has 1 aliphatic rings. The number of carbonyl (C=O) groups is 1. The Bertz CT molecular complexity index is 613. The quantitative estimate of drug-likeness (QED) is 0.839. The van der Waals surface area contributed by atoms with Gasteiger partial charge in [0.25, 0.3) is 0 Å². The van der Waals surface area contributed by atoms with Crippen LogP contribution in [-0.4, -0.2) is 24.6 Å². The molecular formula is C16H16O3. The standard InChI is InChI=1S/C16H16O3/c17-10-12-9-15(11-5-7-19-8-6-11)13-3-1-2-4-14(13)16(12)18/h1-4,9-11,18H,5-8H2. The van der Waals surface area contributed by atoms with Gasteiger partial charge >= 0.3 is 0 Å². The number of phenolic OH excluding ortho intramolecular Hbond substituents is 1. The van der Waals surface area contributed by atoms with E-state index in [1.54, 1.807) is 0 Å². The Hall–Kier alpha value is -1.87. The highest BCUT2D eigenvalue weighted by atomic mass is 16.5. The summed E-state index contributed by atoms with van der Waals surface area (Å²) in [6, 6.07) is 9.55. The second-order valence-electron chi connectivity index (χ2n) is 4.95. The van der Waals surface area contributed by atoms with Gasteiger partial charge in [0.15, 0.2) is 6.29 Å². The molecule has 0 amide bonds. The van der Waals surface area contributed by atoms with Crippen LogP contribution in [-0.2, 0) is 4.74 Å². The second kappa shape index (κ2) is 5.02. The Morgan fingerprint density at radius 3 is 2.53 bits per heavy atom. The van der Waals surface area contributed by atoms with Crippen LogP contribution >= 0.6 is 0 Å². The van der Waals surface area contributed by atoms with Crippen molar-refractivity contribution in [3.05, 3.63) is 41.5 Å². The monoisotopic (exact) mass is 256 g/mol. The van der Waals surface area contributed by atoms with Crippen molar-refractivity contribution in [1.82, 2.24) is 0 Å². The average Bonchev–Trinajstić information content (AvgIpc) is 2.49. The Balaban J connectivity index is 2.22. The molecule has 1 N–H and O–H groups in total. The zero-order valence-electron chi connectivity index (χ0n) is 10.6. The molecule has 98 valence electrons. The van der Waals surface area contributed by atoms with E-state index in [9.17, 15) is 9.90 Å². The zero-order valence-corrected chi connectivity index (χ0v) is 10.6. The first-order valence-electron chi connectivity index (χ1n) is 6.59. The molecule has 1 fully saturated rings. The number of hydrogen-bond acceptors (Lipinski definition) is 3. The Morgan fingerprint density at radius 1 is 1.16 bits per heavy atom. The fourth-order valence-corrected chi connectivity index (χ4v) is 2.85. The Labute approximate surface area is 111 Å². The van der Waals surface area contributed by atoms with Crippen LogP contribution < -0.4 is 0 Å². The van der Waals surface area contributed by atoms with Gasteiger partial charge in [0.05, 0.1) is 5.56 Å². The smallest absolute Gasteiger partial charge is 0.153 e. The first kappa shape index (κ1) is 12.2. The van der Waals surface area contributed by atoms with Crippen molar-refractivity contribution in [3.8, 4) is 5.75 Å². The highest BCUT2D eigenvalue weighted by Crippen LogP contribution is 2.37. The minimum atomic E-state index is 0.0846. The number of benzene rings is 2. The zero-order chi connectivity index (χ0) is 13.2. The maximum Gasteiger partial charge on any atom is 0.153 e. The first-order valence-corrected chi connectivity index (χ1v) is 6.59. The SMILES string of the molecule is O=Cc1cc(C2CCOCC2)c2ccccc2c1O. The molecule has 0 radical (unpaired) electrons. The molecular weight excluding hydrogens is 240 g/mol. The van der Waals surface area contributed by atoms with Gasteiger partial charge in [0.1, 0.15) is 5.75 Å². The predicted molar refractivity (Wildman–Crippen MR) is 73.8 cm³/mol. The van der Waals surface area contributed by atoms with Crippen molar-refractivity contribution in [2.45, 2.75) is 18.8 Å². The maximum absolute atomic E-state index is 11.1. The second-order valence-corrected chi connectivity index (χ2v) is 4.95.